The number of hydrogen-bond acceptors (Lipinski definition) is 12. The highest BCUT2D eigenvalue weighted by molar-refractivity contribution is 5.95. The van der Waals surface area contributed by atoms with Gasteiger partial charge in [-0.25, -0.2) is 9.59 Å². The highest BCUT2D eigenvalue weighted by Crippen LogP contribution is 2.67. The zero-order valence-corrected chi connectivity index (χ0v) is 28.5. The third-order valence-corrected chi connectivity index (χ3v) is 11.1. The van der Waals surface area contributed by atoms with Crippen LogP contribution in [0.15, 0.2) is 64.1 Å². The highest BCUT2D eigenvalue weighted by Gasteiger charge is 2.71. The Hall–Kier alpha value is -5.04. The summed E-state index contributed by atoms with van der Waals surface area (Å²) >= 11 is 0. The van der Waals surface area contributed by atoms with Gasteiger partial charge in [0.1, 0.15) is 41.5 Å². The van der Waals surface area contributed by atoms with E-state index in [1.807, 2.05) is 13.8 Å². The number of nitrogens with two attached hydrogens (primary N) is 1. The van der Waals surface area contributed by atoms with Gasteiger partial charge in [-0.2, -0.15) is 0 Å². The number of carbonyl (C=O) groups is 4. The van der Waals surface area contributed by atoms with Gasteiger partial charge in [0.15, 0.2) is 0 Å². The maximum atomic E-state index is 13.8. The average molecular weight is 689 g/mol. The molecule has 3 heterocycles. The molecule has 0 saturated heterocycles. The summed E-state index contributed by atoms with van der Waals surface area (Å²) in [5.41, 5.74) is 2.14. The zero-order chi connectivity index (χ0) is 36.2. The van der Waals surface area contributed by atoms with Gasteiger partial charge in [-0.05, 0) is 73.9 Å². The Kier molecular flexibility index (Phi) is 8.83. The first-order valence-corrected chi connectivity index (χ1v) is 16.5. The van der Waals surface area contributed by atoms with E-state index >= 15 is 0 Å². The molecule has 1 aliphatic heterocycles. The first-order valence-electron chi connectivity index (χ1n) is 16.5. The summed E-state index contributed by atoms with van der Waals surface area (Å²) in [6, 6.07) is 10.6. The summed E-state index contributed by atoms with van der Waals surface area (Å²) < 4.78 is 30.1. The number of aliphatic hydroxyl groups excluding tert-OH is 1. The lowest BCUT2D eigenvalue weighted by Gasteiger charge is -2.66. The van der Waals surface area contributed by atoms with Crippen LogP contribution in [0.3, 0.4) is 0 Å². The Morgan fingerprint density at radius 2 is 1.70 bits per heavy atom. The molecule has 3 aliphatic rings. The normalized spacial score (nSPS) is 31.1. The molecule has 0 spiro atoms. The lowest BCUT2D eigenvalue weighted by molar-refractivity contribution is -0.266. The smallest absolute Gasteiger partial charge is 0.345 e. The van der Waals surface area contributed by atoms with Gasteiger partial charge in [0.2, 0.25) is 5.91 Å². The van der Waals surface area contributed by atoms with Crippen molar-refractivity contribution in [3.8, 4) is 17.1 Å². The summed E-state index contributed by atoms with van der Waals surface area (Å²) in [7, 11) is 0. The SMILES string of the molecule is CC(=O)OCC1(C)C2C[C@H](OC(=O)c3ccc(C(N)=O)cc3)[C@@]3(C)Oc4cc(-c5cccnc5)oc(=O)c4[C@H](O)C3[C@@]2(C)CC[C@@H]1OC(C)=O. The third-order valence-electron chi connectivity index (χ3n) is 11.1. The Balaban J connectivity index is 1.49. The number of aromatic nitrogens is 1. The second-order valence-corrected chi connectivity index (χ2v) is 14.2. The number of amides is 1. The number of primary amides is 1. The van der Waals surface area contributed by atoms with Gasteiger partial charge in [-0.1, -0.05) is 13.8 Å². The Morgan fingerprint density at radius 1 is 1.00 bits per heavy atom. The van der Waals surface area contributed by atoms with E-state index in [0.29, 0.717) is 18.4 Å². The van der Waals surface area contributed by atoms with Gasteiger partial charge in [0.05, 0.1) is 11.7 Å². The molecule has 2 aromatic heterocycles. The lowest BCUT2D eigenvalue weighted by atomic mass is 9.42. The molecule has 2 aliphatic carbocycles. The number of carbonyl (C=O) groups excluding carboxylic acids is 4. The largest absolute Gasteiger partial charge is 0.482 e. The van der Waals surface area contributed by atoms with Crippen LogP contribution in [0.5, 0.6) is 5.75 Å². The summed E-state index contributed by atoms with van der Waals surface area (Å²) in [6.45, 7) is 8.05. The minimum atomic E-state index is -1.44. The maximum Gasteiger partial charge on any atom is 0.345 e. The van der Waals surface area contributed by atoms with Crippen molar-refractivity contribution >= 4 is 23.8 Å². The summed E-state index contributed by atoms with van der Waals surface area (Å²) in [5.74, 6) is -3.52. The molecular formula is C37H40N2O11. The average Bonchev–Trinajstić information content (AvgIpc) is 3.06. The number of ether oxygens (including phenoxy) is 4. The van der Waals surface area contributed by atoms with E-state index in [4.69, 9.17) is 29.1 Å². The fourth-order valence-electron chi connectivity index (χ4n) is 8.81. The van der Waals surface area contributed by atoms with Crippen LogP contribution in [0.1, 0.15) is 86.3 Å². The molecule has 50 heavy (non-hydrogen) atoms. The molecule has 1 amide bonds. The topological polar surface area (TPSA) is 195 Å². The van der Waals surface area contributed by atoms with E-state index in [2.05, 4.69) is 4.98 Å². The molecule has 3 N–H and O–H groups in total. The molecule has 2 fully saturated rings. The number of fused-ring (bicyclic) bond motifs is 4. The Labute approximate surface area is 288 Å². The van der Waals surface area contributed by atoms with E-state index < -0.39 is 76.0 Å². The standard InChI is InChI=1S/C37H40N2O11/c1-19(40)46-18-36(4)26-16-28(49-33(44)22-10-8-21(9-11-22)32(38)43)37(5)31(35(26,3)13-12-27(36)47-20(2)41)30(42)29-25(50-37)15-24(48-34(29)45)23-7-6-14-39-17-23/h6-11,14-15,17,26-28,30-31,42H,12-13,16,18H2,1-5H3,(H2,38,43)/t26?,27-,28-,30-,31?,35-,36?,37+/m0/s1. The van der Waals surface area contributed by atoms with Gasteiger partial charge in [0.25, 0.3) is 0 Å². The number of benzene rings is 1. The van der Waals surface area contributed by atoms with Crippen molar-refractivity contribution in [2.45, 2.75) is 77.8 Å². The van der Waals surface area contributed by atoms with Crippen LogP contribution in [0, 0.1) is 22.7 Å². The highest BCUT2D eigenvalue weighted by atomic mass is 16.6. The molecule has 0 radical (unpaired) electrons. The fraction of sp³-hybridized carbons (Fsp3) is 0.459. The van der Waals surface area contributed by atoms with Crippen LogP contribution >= 0.6 is 0 Å². The van der Waals surface area contributed by atoms with Crippen molar-refractivity contribution in [3.63, 3.8) is 0 Å². The first kappa shape index (κ1) is 34.8. The number of hydrogen-bond donors (Lipinski definition) is 2. The molecule has 264 valence electrons. The van der Waals surface area contributed by atoms with Crippen LogP contribution in [-0.2, 0) is 23.8 Å². The van der Waals surface area contributed by atoms with Gasteiger partial charge < -0.3 is 34.2 Å². The molecule has 1 aromatic carbocycles. The summed E-state index contributed by atoms with van der Waals surface area (Å²) in [4.78, 5) is 67.6. The van der Waals surface area contributed by atoms with Gasteiger partial charge in [0, 0.05) is 54.8 Å². The molecule has 3 unspecified atom stereocenters. The van der Waals surface area contributed by atoms with Crippen molar-refractivity contribution in [2.24, 2.45) is 28.4 Å². The van der Waals surface area contributed by atoms with Crippen LogP contribution in [0.2, 0.25) is 0 Å². The van der Waals surface area contributed by atoms with Gasteiger partial charge in [-0.3, -0.25) is 19.4 Å². The van der Waals surface area contributed by atoms with Crippen molar-refractivity contribution in [1.29, 1.82) is 0 Å². The zero-order valence-electron chi connectivity index (χ0n) is 28.5. The molecule has 6 rings (SSSR count). The minimum Gasteiger partial charge on any atom is -0.482 e. The van der Waals surface area contributed by atoms with E-state index in [1.54, 1.807) is 25.3 Å². The molecule has 2 saturated carbocycles. The Bertz CT molecular complexity index is 1890. The molecule has 0 bridgehead atoms. The van der Waals surface area contributed by atoms with Crippen LogP contribution in [-0.4, -0.2) is 58.3 Å². The third kappa shape index (κ3) is 5.82. The van der Waals surface area contributed by atoms with E-state index in [-0.39, 0.29) is 41.2 Å². The predicted octanol–water partition coefficient (Wildman–Crippen LogP) is 4.15. The van der Waals surface area contributed by atoms with Gasteiger partial charge in [-0.15, -0.1) is 0 Å². The van der Waals surface area contributed by atoms with Crippen molar-refractivity contribution < 1.29 is 47.6 Å². The molecule has 3 aromatic rings. The van der Waals surface area contributed by atoms with Crippen molar-refractivity contribution in [1.82, 2.24) is 4.98 Å². The second kappa shape index (κ2) is 12.7. The van der Waals surface area contributed by atoms with Crippen LogP contribution in [0.25, 0.3) is 11.3 Å². The number of esters is 3. The molecular weight excluding hydrogens is 648 g/mol. The van der Waals surface area contributed by atoms with Crippen LogP contribution < -0.4 is 16.1 Å². The van der Waals surface area contributed by atoms with E-state index in [0.717, 1.165) is 0 Å². The monoisotopic (exact) mass is 688 g/mol. The minimum absolute atomic E-state index is 0.0714. The van der Waals surface area contributed by atoms with E-state index in [1.165, 1.54) is 50.4 Å². The molecule has 8 atom stereocenters. The second-order valence-electron chi connectivity index (χ2n) is 14.2. The fourth-order valence-corrected chi connectivity index (χ4v) is 8.81. The van der Waals surface area contributed by atoms with Crippen LogP contribution in [0.4, 0.5) is 0 Å². The first-order chi connectivity index (χ1) is 23.6. The van der Waals surface area contributed by atoms with Crippen molar-refractivity contribution in [2.75, 3.05) is 6.61 Å². The molecule has 13 nitrogen and oxygen atoms in total. The summed E-state index contributed by atoms with van der Waals surface area (Å²) in [6.07, 6.45) is 0.895. The predicted molar refractivity (Wildman–Crippen MR) is 176 cm³/mol. The molecule has 13 heteroatoms. The number of nitrogens with zero attached hydrogens (tertiary/aromatic N) is 1. The Morgan fingerprint density at radius 3 is 2.32 bits per heavy atom. The van der Waals surface area contributed by atoms with Gasteiger partial charge >= 0.3 is 23.5 Å². The number of pyridine rings is 1. The maximum absolute atomic E-state index is 13.8. The number of rotatable bonds is 7. The quantitative estimate of drug-likeness (QED) is 0.266. The van der Waals surface area contributed by atoms with Crippen molar-refractivity contribution in [3.05, 3.63) is 82.0 Å². The summed E-state index contributed by atoms with van der Waals surface area (Å²) in [5, 5.41) is 12.3. The lowest BCUT2D eigenvalue weighted by Crippen LogP contribution is -2.71. The van der Waals surface area contributed by atoms with E-state index in [9.17, 15) is 29.1 Å². The number of aliphatic hydroxyl groups is 1.